The summed E-state index contributed by atoms with van der Waals surface area (Å²) in [6.07, 6.45) is 2.70. The van der Waals surface area contributed by atoms with Crippen LogP contribution in [-0.2, 0) is 6.42 Å². The number of aryl methyl sites for hydroxylation is 1. The van der Waals surface area contributed by atoms with Crippen molar-refractivity contribution in [3.63, 3.8) is 0 Å². The molecule has 0 saturated heterocycles. The van der Waals surface area contributed by atoms with E-state index >= 15 is 0 Å². The van der Waals surface area contributed by atoms with Gasteiger partial charge in [0.2, 0.25) is 0 Å². The molecule has 0 fully saturated rings. The van der Waals surface area contributed by atoms with Crippen molar-refractivity contribution in [2.75, 3.05) is 5.75 Å². The maximum atomic E-state index is 12.1. The first-order valence-corrected chi connectivity index (χ1v) is 7.02. The molecule has 92 valence electrons. The van der Waals surface area contributed by atoms with Gasteiger partial charge in [-0.2, -0.15) is 0 Å². The van der Waals surface area contributed by atoms with E-state index in [1.807, 2.05) is 31.7 Å². The molecule has 3 heteroatoms. The molecule has 0 unspecified atom stereocenters. The number of benzene rings is 1. The number of thioether (sulfide) groups is 1. The average Bonchev–Trinajstić information content (AvgIpc) is 2.26. The van der Waals surface area contributed by atoms with Crippen LogP contribution >= 0.6 is 11.8 Å². The number of Topliss-reactive ketones (excluding diaryl/α,β-unsaturated/α-hetero) is 1. The Morgan fingerprint density at radius 3 is 2.94 bits per heavy atom. The Bertz CT molecular complexity index is 434. The quantitative estimate of drug-likeness (QED) is 0.837. The highest BCUT2D eigenvalue weighted by Crippen LogP contribution is 2.30. The van der Waals surface area contributed by atoms with Gasteiger partial charge in [-0.1, -0.05) is 6.07 Å². The highest BCUT2D eigenvalue weighted by atomic mass is 32.2. The molecule has 0 spiro atoms. The lowest BCUT2D eigenvalue weighted by molar-refractivity contribution is 0.0960. The van der Waals surface area contributed by atoms with Crippen LogP contribution in [-0.4, -0.2) is 17.1 Å². The summed E-state index contributed by atoms with van der Waals surface area (Å²) >= 11 is 1.89. The fourth-order valence-electron chi connectivity index (χ4n) is 2.05. The summed E-state index contributed by atoms with van der Waals surface area (Å²) < 4.78 is 0. The fraction of sp³-hybridized carbons (Fsp3) is 0.500. The van der Waals surface area contributed by atoms with Gasteiger partial charge in [0, 0.05) is 22.4 Å². The Balaban J connectivity index is 2.19. The van der Waals surface area contributed by atoms with Gasteiger partial charge in [0.05, 0.1) is 0 Å². The van der Waals surface area contributed by atoms with Crippen LogP contribution in [0.1, 0.15) is 42.6 Å². The van der Waals surface area contributed by atoms with Crippen molar-refractivity contribution in [1.29, 1.82) is 0 Å². The van der Waals surface area contributed by atoms with Crippen molar-refractivity contribution in [3.8, 4) is 0 Å². The summed E-state index contributed by atoms with van der Waals surface area (Å²) in [7, 11) is 0. The minimum Gasteiger partial charge on any atom is -0.325 e. The molecule has 1 aliphatic heterocycles. The summed E-state index contributed by atoms with van der Waals surface area (Å²) in [5.74, 6) is 1.34. The molecule has 1 heterocycles. The summed E-state index contributed by atoms with van der Waals surface area (Å²) in [4.78, 5) is 13.4. The van der Waals surface area contributed by atoms with E-state index in [4.69, 9.17) is 5.73 Å². The topological polar surface area (TPSA) is 43.1 Å². The molecule has 0 radical (unpaired) electrons. The lowest BCUT2D eigenvalue weighted by atomic mass is 9.94. The van der Waals surface area contributed by atoms with E-state index < -0.39 is 5.54 Å². The third-order valence-corrected chi connectivity index (χ3v) is 4.05. The Kier molecular flexibility index (Phi) is 3.59. The molecule has 2 nitrogen and oxygen atoms in total. The van der Waals surface area contributed by atoms with Crippen LogP contribution in [0.25, 0.3) is 0 Å². The van der Waals surface area contributed by atoms with Crippen molar-refractivity contribution >= 4 is 17.5 Å². The minimum atomic E-state index is -0.429. The second-order valence-corrected chi connectivity index (χ2v) is 6.50. The predicted octanol–water partition coefficient (Wildman–Crippen LogP) is 3.04. The van der Waals surface area contributed by atoms with Gasteiger partial charge in [-0.15, -0.1) is 11.8 Å². The minimum absolute atomic E-state index is 0.149. The van der Waals surface area contributed by atoms with E-state index in [0.717, 1.165) is 12.0 Å². The molecule has 0 aromatic heterocycles. The first kappa shape index (κ1) is 12.7. The SMILES string of the molecule is CC(C)(N)CC(=O)c1ccc2c(c1)CCCS2. The van der Waals surface area contributed by atoms with Crippen LogP contribution in [0, 0.1) is 0 Å². The number of fused-ring (bicyclic) bond motifs is 1. The number of hydrogen-bond acceptors (Lipinski definition) is 3. The van der Waals surface area contributed by atoms with Crippen LogP contribution in [0.5, 0.6) is 0 Å². The van der Waals surface area contributed by atoms with Crippen LogP contribution in [0.15, 0.2) is 23.1 Å². The Hall–Kier alpha value is -0.800. The Morgan fingerprint density at radius 2 is 2.24 bits per heavy atom. The van der Waals surface area contributed by atoms with Crippen molar-refractivity contribution in [3.05, 3.63) is 29.3 Å². The van der Waals surface area contributed by atoms with Gasteiger partial charge in [-0.25, -0.2) is 0 Å². The van der Waals surface area contributed by atoms with Crippen LogP contribution < -0.4 is 5.73 Å². The third kappa shape index (κ3) is 3.33. The van der Waals surface area contributed by atoms with Crippen LogP contribution in [0.2, 0.25) is 0 Å². The summed E-state index contributed by atoms with van der Waals surface area (Å²) in [5.41, 5.74) is 7.59. The van der Waals surface area contributed by atoms with Crippen molar-refractivity contribution in [1.82, 2.24) is 0 Å². The first-order valence-electron chi connectivity index (χ1n) is 6.03. The molecule has 0 amide bonds. The predicted molar refractivity (Wildman–Crippen MR) is 72.7 cm³/mol. The average molecular weight is 249 g/mol. The summed E-state index contributed by atoms with van der Waals surface area (Å²) in [6.45, 7) is 3.78. The normalized spacial score (nSPS) is 15.5. The lowest BCUT2D eigenvalue weighted by Gasteiger charge is -2.19. The van der Waals surface area contributed by atoms with E-state index in [-0.39, 0.29) is 5.78 Å². The lowest BCUT2D eigenvalue weighted by Crippen LogP contribution is -2.34. The molecular formula is C14H19NOS. The van der Waals surface area contributed by atoms with E-state index in [1.54, 1.807) is 0 Å². The van der Waals surface area contributed by atoms with E-state index in [2.05, 4.69) is 12.1 Å². The number of rotatable bonds is 3. The second kappa shape index (κ2) is 4.83. The van der Waals surface area contributed by atoms with Gasteiger partial charge in [0.15, 0.2) is 5.78 Å². The third-order valence-electron chi connectivity index (χ3n) is 2.85. The van der Waals surface area contributed by atoms with Gasteiger partial charge in [0.25, 0.3) is 0 Å². The van der Waals surface area contributed by atoms with Crippen molar-refractivity contribution in [2.45, 2.75) is 43.5 Å². The molecule has 1 aromatic carbocycles. The van der Waals surface area contributed by atoms with Gasteiger partial charge < -0.3 is 5.73 Å². The molecule has 0 bridgehead atoms. The summed E-state index contributed by atoms with van der Waals surface area (Å²) in [6, 6.07) is 6.07. The standard InChI is InChI=1S/C14H19NOS/c1-14(2,15)9-12(16)10-5-6-13-11(8-10)4-3-7-17-13/h5-6,8H,3-4,7,9,15H2,1-2H3. The van der Waals surface area contributed by atoms with Crippen LogP contribution in [0.3, 0.4) is 0 Å². The molecule has 1 aromatic rings. The zero-order valence-corrected chi connectivity index (χ0v) is 11.3. The summed E-state index contributed by atoms with van der Waals surface area (Å²) in [5, 5.41) is 0. The number of hydrogen-bond donors (Lipinski definition) is 1. The first-order chi connectivity index (χ1) is 7.96. The van der Waals surface area contributed by atoms with Gasteiger partial charge in [-0.05, 0) is 50.1 Å². The van der Waals surface area contributed by atoms with E-state index in [0.29, 0.717) is 6.42 Å². The molecule has 0 aliphatic carbocycles. The monoisotopic (exact) mass is 249 g/mol. The maximum Gasteiger partial charge on any atom is 0.164 e. The van der Waals surface area contributed by atoms with Crippen LogP contribution in [0.4, 0.5) is 0 Å². The molecule has 0 saturated carbocycles. The van der Waals surface area contributed by atoms with Crippen molar-refractivity contribution < 1.29 is 4.79 Å². The highest BCUT2D eigenvalue weighted by molar-refractivity contribution is 7.99. The Morgan fingerprint density at radius 1 is 1.47 bits per heavy atom. The number of nitrogens with two attached hydrogens (primary N) is 1. The Labute approximate surface area is 107 Å². The van der Waals surface area contributed by atoms with Gasteiger partial charge in [0.1, 0.15) is 0 Å². The number of carbonyl (C=O) groups is 1. The number of carbonyl (C=O) groups excluding carboxylic acids is 1. The molecule has 17 heavy (non-hydrogen) atoms. The van der Waals surface area contributed by atoms with Gasteiger partial charge in [-0.3, -0.25) is 4.79 Å². The zero-order chi connectivity index (χ0) is 12.5. The molecule has 0 atom stereocenters. The van der Waals surface area contributed by atoms with Crippen molar-refractivity contribution in [2.24, 2.45) is 5.73 Å². The van der Waals surface area contributed by atoms with E-state index in [1.165, 1.54) is 22.6 Å². The largest absolute Gasteiger partial charge is 0.325 e. The smallest absolute Gasteiger partial charge is 0.164 e. The molecule has 2 N–H and O–H groups in total. The highest BCUT2D eigenvalue weighted by Gasteiger charge is 2.19. The molecular weight excluding hydrogens is 230 g/mol. The maximum absolute atomic E-state index is 12.1. The molecule has 2 rings (SSSR count). The zero-order valence-electron chi connectivity index (χ0n) is 10.5. The second-order valence-electron chi connectivity index (χ2n) is 5.36. The number of ketones is 1. The fourth-order valence-corrected chi connectivity index (χ4v) is 3.07. The van der Waals surface area contributed by atoms with E-state index in [9.17, 15) is 4.79 Å². The van der Waals surface area contributed by atoms with Gasteiger partial charge >= 0.3 is 0 Å². The molecule has 1 aliphatic rings.